The average Bonchev–Trinajstić information content (AvgIpc) is 2.71. The van der Waals surface area contributed by atoms with Crippen LogP contribution in [0.4, 0.5) is 0 Å². The van der Waals surface area contributed by atoms with Crippen LogP contribution in [-0.4, -0.2) is 41.9 Å². The number of aliphatic hydroxyl groups excluding tert-OH is 1. The number of carbonyl (C=O) groups excluding carboxylic acids is 1. The zero-order chi connectivity index (χ0) is 19.9. The maximum atomic E-state index is 12.7. The third kappa shape index (κ3) is 5.11. The minimum absolute atomic E-state index is 0.221. The van der Waals surface area contributed by atoms with Crippen LogP contribution >= 0.6 is 11.6 Å². The lowest BCUT2D eigenvalue weighted by atomic mass is 9.92. The van der Waals surface area contributed by atoms with E-state index in [0.717, 1.165) is 30.4 Å². The number of aliphatic hydroxyl groups is 1. The lowest BCUT2D eigenvalue weighted by molar-refractivity contribution is 0.0717. The Hall–Kier alpha value is -2.39. The van der Waals surface area contributed by atoms with Gasteiger partial charge in [0.25, 0.3) is 5.91 Å². The smallest absolute Gasteiger partial charge is 0.253 e. The fourth-order valence-electron chi connectivity index (χ4n) is 3.26. The van der Waals surface area contributed by atoms with Gasteiger partial charge in [0.1, 0.15) is 12.3 Å². The first kappa shape index (κ1) is 20.3. The van der Waals surface area contributed by atoms with Gasteiger partial charge in [-0.3, -0.25) is 4.79 Å². The Bertz CT molecular complexity index is 887. The topological polar surface area (TPSA) is 71.5 Å². The van der Waals surface area contributed by atoms with Crippen LogP contribution in [0.3, 0.4) is 0 Å². The third-order valence-corrected chi connectivity index (χ3v) is 5.03. The summed E-state index contributed by atoms with van der Waals surface area (Å²) in [5, 5.41) is 13.7. The average molecular weight is 399 g/mol. The highest BCUT2D eigenvalue weighted by molar-refractivity contribution is 6.30. The lowest BCUT2D eigenvalue weighted by Crippen LogP contribution is -2.45. The van der Waals surface area contributed by atoms with Gasteiger partial charge in [0.05, 0.1) is 17.7 Å². The van der Waals surface area contributed by atoms with E-state index in [1.807, 2.05) is 12.1 Å². The number of hydrogen-bond donors (Lipinski definition) is 2. The fraction of sp³-hybridized carbons (Fsp3) is 0.364. The minimum Gasteiger partial charge on any atom is -0.391 e. The quantitative estimate of drug-likeness (QED) is 0.774. The normalized spacial score (nSPS) is 18.8. The van der Waals surface area contributed by atoms with E-state index in [1.54, 1.807) is 25.3 Å². The molecule has 0 spiro atoms. The van der Waals surface area contributed by atoms with Gasteiger partial charge in [-0.05, 0) is 42.5 Å². The predicted molar refractivity (Wildman–Crippen MR) is 109 cm³/mol. The molecular formula is C22H23ClN2O3. The summed E-state index contributed by atoms with van der Waals surface area (Å²) < 4.78 is 4.97. The molecule has 2 atom stereocenters. The highest BCUT2D eigenvalue weighted by Crippen LogP contribution is 2.25. The van der Waals surface area contributed by atoms with Crippen molar-refractivity contribution in [2.24, 2.45) is 0 Å². The van der Waals surface area contributed by atoms with Crippen LogP contribution in [-0.2, 0) is 4.74 Å². The van der Waals surface area contributed by atoms with Crippen molar-refractivity contribution in [3.63, 3.8) is 0 Å². The van der Waals surface area contributed by atoms with E-state index in [-0.39, 0.29) is 11.9 Å². The minimum atomic E-state index is -0.499. The molecule has 0 aliphatic heterocycles. The molecule has 1 aliphatic rings. The number of carbonyl (C=O) groups is 1. The Morgan fingerprint density at radius 1 is 1.32 bits per heavy atom. The van der Waals surface area contributed by atoms with E-state index < -0.39 is 6.10 Å². The molecule has 1 aromatic carbocycles. The molecule has 3 rings (SSSR count). The van der Waals surface area contributed by atoms with Crippen molar-refractivity contribution in [1.29, 1.82) is 0 Å². The number of nitrogens with one attached hydrogen (secondary N) is 1. The van der Waals surface area contributed by atoms with Crippen LogP contribution in [0, 0.1) is 11.8 Å². The van der Waals surface area contributed by atoms with Gasteiger partial charge >= 0.3 is 0 Å². The second kappa shape index (κ2) is 9.70. The van der Waals surface area contributed by atoms with E-state index in [0.29, 0.717) is 29.3 Å². The molecule has 2 N–H and O–H groups in total. The molecule has 0 radical (unpaired) electrons. The van der Waals surface area contributed by atoms with Gasteiger partial charge in [0.15, 0.2) is 0 Å². The molecule has 6 heteroatoms. The summed E-state index contributed by atoms with van der Waals surface area (Å²) in [5.74, 6) is 5.64. The number of methoxy groups -OCH3 is 1. The molecule has 0 bridgehead atoms. The largest absolute Gasteiger partial charge is 0.391 e. The molecule has 1 aliphatic carbocycles. The highest BCUT2D eigenvalue weighted by atomic mass is 35.5. The lowest BCUT2D eigenvalue weighted by Gasteiger charge is -2.28. The Kier molecular flexibility index (Phi) is 7.05. The Labute approximate surface area is 170 Å². The van der Waals surface area contributed by atoms with Gasteiger partial charge in [-0.1, -0.05) is 42.5 Å². The predicted octanol–water partition coefficient (Wildman–Crippen LogP) is 3.43. The fourth-order valence-corrected chi connectivity index (χ4v) is 3.39. The van der Waals surface area contributed by atoms with Crippen molar-refractivity contribution >= 4 is 17.5 Å². The molecule has 1 aromatic heterocycles. The number of hydrogen-bond acceptors (Lipinski definition) is 4. The van der Waals surface area contributed by atoms with Gasteiger partial charge in [0.2, 0.25) is 0 Å². The summed E-state index contributed by atoms with van der Waals surface area (Å²) in [6.07, 6.45) is 4.51. The van der Waals surface area contributed by atoms with Crippen LogP contribution in [0.15, 0.2) is 36.5 Å². The number of pyridine rings is 1. The molecule has 146 valence electrons. The molecule has 0 unspecified atom stereocenters. The van der Waals surface area contributed by atoms with Crippen molar-refractivity contribution in [2.45, 2.75) is 37.8 Å². The molecule has 0 saturated heterocycles. The van der Waals surface area contributed by atoms with E-state index in [9.17, 15) is 9.90 Å². The van der Waals surface area contributed by atoms with Crippen LogP contribution in [0.2, 0.25) is 5.02 Å². The number of benzene rings is 1. The second-order valence-electron chi connectivity index (χ2n) is 6.79. The first-order valence-corrected chi connectivity index (χ1v) is 9.69. The summed E-state index contributed by atoms with van der Waals surface area (Å²) in [5.41, 5.74) is 2.61. The standard InChI is InChI=1S/C22H23ClN2O3/c1-28-12-4-6-19-18(15-8-10-17(23)11-9-15)13-16(14-24-19)22(27)25-20-5-2-3-7-21(20)26/h8-11,13-14,20-21,26H,2-3,5,7,12H2,1H3,(H,25,27)/t20-,21-/m1/s1. The van der Waals surface area contributed by atoms with Gasteiger partial charge in [-0.25, -0.2) is 4.98 Å². The first-order valence-electron chi connectivity index (χ1n) is 9.31. The molecule has 1 fully saturated rings. The second-order valence-corrected chi connectivity index (χ2v) is 7.23. The van der Waals surface area contributed by atoms with E-state index in [4.69, 9.17) is 16.3 Å². The molecule has 5 nitrogen and oxygen atoms in total. The van der Waals surface area contributed by atoms with Crippen molar-refractivity contribution in [3.05, 3.63) is 52.8 Å². The number of aromatic nitrogens is 1. The number of rotatable bonds is 4. The zero-order valence-electron chi connectivity index (χ0n) is 15.7. The summed E-state index contributed by atoms with van der Waals surface area (Å²) >= 11 is 6.00. The number of nitrogens with zero attached hydrogens (tertiary/aromatic N) is 1. The van der Waals surface area contributed by atoms with Crippen molar-refractivity contribution < 1.29 is 14.6 Å². The zero-order valence-corrected chi connectivity index (χ0v) is 16.5. The molecule has 28 heavy (non-hydrogen) atoms. The molecule has 2 aromatic rings. The summed E-state index contributed by atoms with van der Waals surface area (Å²) in [7, 11) is 1.58. The number of halogens is 1. The maximum absolute atomic E-state index is 12.7. The van der Waals surface area contributed by atoms with Crippen molar-refractivity contribution in [3.8, 4) is 23.0 Å². The van der Waals surface area contributed by atoms with Crippen LogP contribution < -0.4 is 5.32 Å². The number of amides is 1. The SMILES string of the molecule is COCC#Cc1ncc(C(=O)N[C@@H]2CCCC[C@H]2O)cc1-c1ccc(Cl)cc1. The van der Waals surface area contributed by atoms with Crippen molar-refractivity contribution in [1.82, 2.24) is 10.3 Å². The number of ether oxygens (including phenoxy) is 1. The van der Waals surface area contributed by atoms with Crippen molar-refractivity contribution in [2.75, 3.05) is 13.7 Å². The summed E-state index contributed by atoms with van der Waals surface area (Å²) in [4.78, 5) is 17.1. The highest BCUT2D eigenvalue weighted by Gasteiger charge is 2.25. The Morgan fingerprint density at radius 2 is 2.07 bits per heavy atom. The molecule has 1 saturated carbocycles. The van der Waals surface area contributed by atoms with E-state index in [1.165, 1.54) is 6.20 Å². The first-order chi connectivity index (χ1) is 13.6. The van der Waals surface area contributed by atoms with Crippen LogP contribution in [0.1, 0.15) is 41.7 Å². The third-order valence-electron chi connectivity index (χ3n) is 4.77. The molecular weight excluding hydrogens is 376 g/mol. The van der Waals surface area contributed by atoms with Crippen LogP contribution in [0.5, 0.6) is 0 Å². The van der Waals surface area contributed by atoms with E-state index in [2.05, 4.69) is 22.1 Å². The van der Waals surface area contributed by atoms with E-state index >= 15 is 0 Å². The van der Waals surface area contributed by atoms with Crippen LogP contribution in [0.25, 0.3) is 11.1 Å². The van der Waals surface area contributed by atoms with Gasteiger partial charge < -0.3 is 15.2 Å². The Balaban J connectivity index is 1.90. The molecule has 1 amide bonds. The van der Waals surface area contributed by atoms with Gasteiger partial charge in [-0.15, -0.1) is 0 Å². The Morgan fingerprint density at radius 3 is 2.79 bits per heavy atom. The summed E-state index contributed by atoms with van der Waals surface area (Å²) in [6, 6.07) is 8.86. The monoisotopic (exact) mass is 398 g/mol. The maximum Gasteiger partial charge on any atom is 0.253 e. The summed E-state index contributed by atoms with van der Waals surface area (Å²) in [6.45, 7) is 0.295. The molecule has 1 heterocycles. The van der Waals surface area contributed by atoms with Gasteiger partial charge in [0, 0.05) is 23.9 Å². The van der Waals surface area contributed by atoms with Gasteiger partial charge in [-0.2, -0.15) is 0 Å².